The van der Waals surface area contributed by atoms with Crippen LogP contribution in [0.25, 0.3) is 0 Å². The topological polar surface area (TPSA) is 122 Å². The van der Waals surface area contributed by atoms with Gasteiger partial charge in [0.05, 0.1) is 29.6 Å². The molecule has 8 nitrogen and oxygen atoms in total. The third kappa shape index (κ3) is 8.11. The molecule has 0 radical (unpaired) electrons. The molecular formula is C30H25BrN2O6. The number of benzene rings is 4. The van der Waals surface area contributed by atoms with Crippen molar-refractivity contribution in [3.05, 3.63) is 129 Å². The van der Waals surface area contributed by atoms with Crippen LogP contribution in [0.4, 0.5) is 11.4 Å². The largest absolute Gasteiger partial charge is 0.478 e. The first-order valence-electron chi connectivity index (χ1n) is 11.6. The number of carboxylic acid groups (broad SMARTS) is 1. The van der Waals surface area contributed by atoms with Gasteiger partial charge in [-0.15, -0.1) is 0 Å². The molecular weight excluding hydrogens is 564 g/mol. The molecule has 0 atom stereocenters. The molecule has 0 aliphatic rings. The molecule has 0 spiro atoms. The fourth-order valence-electron chi connectivity index (χ4n) is 3.42. The van der Waals surface area contributed by atoms with Crippen LogP contribution in [0.5, 0.6) is 0 Å². The number of rotatable bonds is 6. The van der Waals surface area contributed by atoms with E-state index in [-0.39, 0.29) is 17.4 Å². The molecule has 0 bridgehead atoms. The van der Waals surface area contributed by atoms with Crippen molar-refractivity contribution in [3.63, 3.8) is 0 Å². The van der Waals surface area contributed by atoms with Crippen LogP contribution < -0.4 is 10.6 Å². The minimum absolute atomic E-state index is 0.0873. The smallest absolute Gasteiger partial charge is 0.340 e. The molecule has 2 amide bonds. The minimum atomic E-state index is -1.06. The van der Waals surface area contributed by atoms with E-state index in [0.29, 0.717) is 28.1 Å². The van der Waals surface area contributed by atoms with Gasteiger partial charge in [0.1, 0.15) is 0 Å². The third-order valence-corrected chi connectivity index (χ3v) is 5.85. The second-order valence-corrected chi connectivity index (χ2v) is 9.09. The van der Waals surface area contributed by atoms with Crippen LogP contribution in [-0.2, 0) is 4.74 Å². The molecule has 0 heterocycles. The Hall–Kier alpha value is -4.76. The quantitative estimate of drug-likeness (QED) is 0.223. The number of carbonyl (C=O) groups is 4. The fraction of sp³-hybridized carbons (Fsp3) is 0.0667. The molecule has 0 aliphatic heterocycles. The zero-order valence-electron chi connectivity index (χ0n) is 21.1. The molecule has 3 N–H and O–H groups in total. The predicted octanol–water partition coefficient (Wildman–Crippen LogP) is 6.43. The maximum atomic E-state index is 12.1. The summed E-state index contributed by atoms with van der Waals surface area (Å²) >= 11 is 3.28. The van der Waals surface area contributed by atoms with E-state index in [9.17, 15) is 19.2 Å². The van der Waals surface area contributed by atoms with E-state index in [2.05, 4.69) is 26.6 Å². The van der Waals surface area contributed by atoms with Gasteiger partial charge in [0.15, 0.2) is 0 Å². The number of nitrogens with one attached hydrogen (secondary N) is 2. The van der Waals surface area contributed by atoms with Crippen LogP contribution in [0.1, 0.15) is 47.0 Å². The van der Waals surface area contributed by atoms with Crippen molar-refractivity contribution in [1.29, 1.82) is 0 Å². The van der Waals surface area contributed by atoms with Crippen LogP contribution in [0.3, 0.4) is 0 Å². The zero-order valence-corrected chi connectivity index (χ0v) is 22.7. The van der Waals surface area contributed by atoms with E-state index in [4.69, 9.17) is 9.84 Å². The summed E-state index contributed by atoms with van der Waals surface area (Å²) in [6, 6.07) is 27.3. The van der Waals surface area contributed by atoms with Crippen molar-refractivity contribution in [1.82, 2.24) is 0 Å². The van der Waals surface area contributed by atoms with E-state index in [1.165, 1.54) is 13.2 Å². The van der Waals surface area contributed by atoms with Crippen LogP contribution in [0, 0.1) is 6.92 Å². The molecule has 0 aromatic heterocycles. The van der Waals surface area contributed by atoms with Gasteiger partial charge in [0.25, 0.3) is 11.8 Å². The number of methoxy groups -OCH3 is 1. The Kier molecular flexibility index (Phi) is 10.1. The van der Waals surface area contributed by atoms with Gasteiger partial charge in [0, 0.05) is 15.6 Å². The average Bonchev–Trinajstić information content (AvgIpc) is 2.95. The number of carboxylic acids is 1. The number of esters is 1. The van der Waals surface area contributed by atoms with E-state index in [1.807, 2.05) is 12.1 Å². The van der Waals surface area contributed by atoms with E-state index in [1.54, 1.807) is 85.8 Å². The van der Waals surface area contributed by atoms with Gasteiger partial charge >= 0.3 is 11.9 Å². The molecule has 0 saturated carbocycles. The number of aromatic carboxylic acids is 1. The van der Waals surface area contributed by atoms with Gasteiger partial charge in [-0.1, -0.05) is 64.0 Å². The van der Waals surface area contributed by atoms with Crippen molar-refractivity contribution in [3.8, 4) is 0 Å². The summed E-state index contributed by atoms with van der Waals surface area (Å²) in [5.74, 6) is -2.17. The van der Waals surface area contributed by atoms with E-state index < -0.39 is 11.9 Å². The molecule has 0 saturated heterocycles. The fourth-order valence-corrected chi connectivity index (χ4v) is 3.78. The first-order chi connectivity index (χ1) is 18.7. The number of anilines is 2. The van der Waals surface area contributed by atoms with Gasteiger partial charge in [0.2, 0.25) is 0 Å². The summed E-state index contributed by atoms with van der Waals surface area (Å²) in [4.78, 5) is 46.9. The Labute approximate surface area is 233 Å². The lowest BCUT2D eigenvalue weighted by atomic mass is 10.1. The lowest BCUT2D eigenvalue weighted by Gasteiger charge is -2.10. The summed E-state index contributed by atoms with van der Waals surface area (Å²) in [6.45, 7) is 1.80. The molecule has 39 heavy (non-hydrogen) atoms. The number of aryl methyl sites for hydroxylation is 1. The molecule has 0 fully saturated rings. The predicted molar refractivity (Wildman–Crippen MR) is 152 cm³/mol. The second kappa shape index (κ2) is 13.7. The number of ether oxygens (including phenoxy) is 1. The van der Waals surface area contributed by atoms with Gasteiger partial charge in [-0.25, -0.2) is 9.59 Å². The molecule has 9 heteroatoms. The molecule has 198 valence electrons. The van der Waals surface area contributed by atoms with Crippen molar-refractivity contribution < 1.29 is 29.0 Å². The lowest BCUT2D eigenvalue weighted by Crippen LogP contribution is -2.15. The van der Waals surface area contributed by atoms with Crippen LogP contribution in [0.15, 0.2) is 102 Å². The monoisotopic (exact) mass is 588 g/mol. The van der Waals surface area contributed by atoms with Crippen LogP contribution in [0.2, 0.25) is 0 Å². The van der Waals surface area contributed by atoms with Gasteiger partial charge in [-0.2, -0.15) is 0 Å². The first kappa shape index (κ1) is 28.8. The first-order valence-corrected chi connectivity index (χ1v) is 12.4. The molecule has 0 aliphatic carbocycles. The standard InChI is InChI=1S/C15H12BrNO3.C15H13NO3/c1-20-15(19)12-9-11(16)7-8-13(12)17-14(18)10-5-3-2-4-6-10;1-10-7-8-13(12(9-10)15(18)19)16-14(17)11-5-3-2-4-6-11/h2-9H,1H3,(H,17,18);2-9H,1H3,(H,16,17)(H,18,19). The highest BCUT2D eigenvalue weighted by Crippen LogP contribution is 2.23. The summed E-state index contributed by atoms with van der Waals surface area (Å²) in [5.41, 5.74) is 2.93. The van der Waals surface area contributed by atoms with Crippen molar-refractivity contribution in [2.75, 3.05) is 17.7 Å². The van der Waals surface area contributed by atoms with Crippen LogP contribution >= 0.6 is 15.9 Å². The van der Waals surface area contributed by atoms with Crippen molar-refractivity contribution >= 4 is 51.1 Å². The summed E-state index contributed by atoms with van der Waals surface area (Å²) in [7, 11) is 1.30. The van der Waals surface area contributed by atoms with E-state index in [0.717, 1.165) is 10.0 Å². The highest BCUT2D eigenvalue weighted by atomic mass is 79.9. The Morgan fingerprint density at radius 2 is 1.18 bits per heavy atom. The highest BCUT2D eigenvalue weighted by Gasteiger charge is 2.15. The SMILES string of the molecule is COC(=O)c1cc(Br)ccc1NC(=O)c1ccccc1.Cc1ccc(NC(=O)c2ccccc2)c(C(=O)O)c1. The van der Waals surface area contributed by atoms with Crippen molar-refractivity contribution in [2.24, 2.45) is 0 Å². The number of halogens is 1. The zero-order chi connectivity index (χ0) is 28.4. The Balaban J connectivity index is 0.000000216. The van der Waals surface area contributed by atoms with Gasteiger partial charge in [-0.3, -0.25) is 9.59 Å². The number of hydrogen-bond acceptors (Lipinski definition) is 5. The normalized spacial score (nSPS) is 9.92. The Morgan fingerprint density at radius 3 is 1.67 bits per heavy atom. The Morgan fingerprint density at radius 1 is 0.692 bits per heavy atom. The molecule has 4 aromatic carbocycles. The van der Waals surface area contributed by atoms with Crippen molar-refractivity contribution in [2.45, 2.75) is 6.92 Å². The minimum Gasteiger partial charge on any atom is -0.478 e. The molecule has 0 unspecified atom stereocenters. The van der Waals surface area contributed by atoms with Gasteiger partial charge < -0.3 is 20.5 Å². The highest BCUT2D eigenvalue weighted by molar-refractivity contribution is 9.10. The van der Waals surface area contributed by atoms with Crippen LogP contribution in [-0.4, -0.2) is 36.0 Å². The number of carbonyl (C=O) groups excluding carboxylic acids is 3. The maximum absolute atomic E-state index is 12.1. The van der Waals surface area contributed by atoms with Gasteiger partial charge in [-0.05, 0) is 61.5 Å². The number of hydrogen-bond donors (Lipinski definition) is 3. The summed E-state index contributed by atoms with van der Waals surface area (Å²) < 4.78 is 5.44. The summed E-state index contributed by atoms with van der Waals surface area (Å²) in [6.07, 6.45) is 0. The lowest BCUT2D eigenvalue weighted by molar-refractivity contribution is 0.0600. The average molecular weight is 589 g/mol. The number of amides is 2. The summed E-state index contributed by atoms with van der Waals surface area (Å²) in [5, 5.41) is 14.4. The van der Waals surface area contributed by atoms with E-state index >= 15 is 0 Å². The maximum Gasteiger partial charge on any atom is 0.340 e. The third-order valence-electron chi connectivity index (χ3n) is 5.36. The molecule has 4 rings (SSSR count). The molecule has 4 aromatic rings. The second-order valence-electron chi connectivity index (χ2n) is 8.18. The Bertz CT molecular complexity index is 1490.